The monoisotopic (exact) mass is 404 g/mol. The van der Waals surface area contributed by atoms with Crippen LogP contribution in [0.1, 0.15) is 12.0 Å². The minimum Gasteiger partial charge on any atom is -0.455 e. The van der Waals surface area contributed by atoms with Gasteiger partial charge in [0.15, 0.2) is 6.61 Å². The van der Waals surface area contributed by atoms with Gasteiger partial charge in [-0.25, -0.2) is 8.78 Å². The number of rotatable bonds is 9. The summed E-state index contributed by atoms with van der Waals surface area (Å²) in [6.07, 6.45) is 0.0154. The van der Waals surface area contributed by atoms with Crippen molar-refractivity contribution in [3.8, 4) is 6.07 Å². The van der Waals surface area contributed by atoms with E-state index in [1.165, 1.54) is 42.1 Å². The van der Waals surface area contributed by atoms with Gasteiger partial charge in [0.25, 0.3) is 5.91 Å². The number of hydrogen-bond donors (Lipinski definition) is 0. The number of hydrogen-bond acceptors (Lipinski definition) is 5. The van der Waals surface area contributed by atoms with Crippen LogP contribution in [0.5, 0.6) is 0 Å². The van der Waals surface area contributed by atoms with Crippen molar-refractivity contribution < 1.29 is 23.1 Å². The molecular formula is C20H18F2N2O3S. The van der Waals surface area contributed by atoms with Crippen LogP contribution >= 0.6 is 11.8 Å². The standard InChI is InChI=1S/C20H18F2N2O3S/c21-16-8-6-15(7-9-16)13-28-14-20(26)27-12-19(25)24(11-3-10-23)18-5-2-1-4-17(18)22/h1-2,4-9H,3,11-14H2. The van der Waals surface area contributed by atoms with Gasteiger partial charge in [-0.3, -0.25) is 9.59 Å². The smallest absolute Gasteiger partial charge is 0.316 e. The lowest BCUT2D eigenvalue weighted by Crippen LogP contribution is -2.36. The fraction of sp³-hybridized carbons (Fsp3) is 0.250. The number of para-hydroxylation sites is 1. The molecule has 146 valence electrons. The molecule has 0 heterocycles. The first-order chi connectivity index (χ1) is 13.5. The largest absolute Gasteiger partial charge is 0.455 e. The van der Waals surface area contributed by atoms with Crippen molar-refractivity contribution in [2.24, 2.45) is 0 Å². The van der Waals surface area contributed by atoms with Gasteiger partial charge >= 0.3 is 5.97 Å². The summed E-state index contributed by atoms with van der Waals surface area (Å²) in [4.78, 5) is 25.3. The van der Waals surface area contributed by atoms with Crippen LogP contribution in [0.25, 0.3) is 0 Å². The number of carbonyl (C=O) groups excluding carboxylic acids is 2. The van der Waals surface area contributed by atoms with Crippen LogP contribution in [-0.2, 0) is 20.1 Å². The van der Waals surface area contributed by atoms with E-state index in [4.69, 9.17) is 10.00 Å². The average Bonchev–Trinajstić information content (AvgIpc) is 2.69. The molecule has 0 saturated carbocycles. The van der Waals surface area contributed by atoms with Crippen molar-refractivity contribution in [1.82, 2.24) is 0 Å². The van der Waals surface area contributed by atoms with Gasteiger partial charge in [0.1, 0.15) is 11.6 Å². The second-order valence-electron chi connectivity index (χ2n) is 5.68. The second-order valence-corrected chi connectivity index (χ2v) is 6.67. The first-order valence-electron chi connectivity index (χ1n) is 8.41. The number of nitriles is 1. The first kappa shape index (κ1) is 21.4. The zero-order chi connectivity index (χ0) is 20.4. The molecule has 2 aromatic rings. The number of esters is 1. The van der Waals surface area contributed by atoms with Gasteiger partial charge in [-0.05, 0) is 29.8 Å². The molecule has 0 unspecified atom stereocenters. The lowest BCUT2D eigenvalue weighted by Gasteiger charge is -2.22. The van der Waals surface area contributed by atoms with Crippen LogP contribution < -0.4 is 4.90 Å². The van der Waals surface area contributed by atoms with Crippen molar-refractivity contribution in [1.29, 1.82) is 5.26 Å². The molecule has 1 amide bonds. The Morgan fingerprint density at radius 3 is 2.50 bits per heavy atom. The SMILES string of the molecule is N#CCCN(C(=O)COC(=O)CSCc1ccc(F)cc1)c1ccccc1F. The number of anilines is 1. The van der Waals surface area contributed by atoms with Crippen LogP contribution in [0.2, 0.25) is 0 Å². The first-order valence-corrected chi connectivity index (χ1v) is 9.56. The fourth-order valence-corrected chi connectivity index (χ4v) is 3.09. The van der Waals surface area contributed by atoms with E-state index in [-0.39, 0.29) is 30.2 Å². The van der Waals surface area contributed by atoms with Crippen LogP contribution in [-0.4, -0.2) is 30.8 Å². The highest BCUT2D eigenvalue weighted by molar-refractivity contribution is 7.99. The molecule has 0 fully saturated rings. The van der Waals surface area contributed by atoms with Crippen molar-refractivity contribution in [2.45, 2.75) is 12.2 Å². The average molecular weight is 404 g/mol. The number of ether oxygens (including phenoxy) is 1. The molecule has 0 aromatic heterocycles. The Labute approximate surface area is 165 Å². The maximum absolute atomic E-state index is 14.0. The van der Waals surface area contributed by atoms with Gasteiger partial charge in [0.2, 0.25) is 0 Å². The summed E-state index contributed by atoms with van der Waals surface area (Å²) in [5.74, 6) is -1.63. The van der Waals surface area contributed by atoms with E-state index in [0.29, 0.717) is 5.75 Å². The van der Waals surface area contributed by atoms with E-state index in [1.807, 2.05) is 6.07 Å². The van der Waals surface area contributed by atoms with Crippen molar-refractivity contribution in [2.75, 3.05) is 23.8 Å². The minimum absolute atomic E-state index is 0.00681. The number of nitrogens with zero attached hydrogens (tertiary/aromatic N) is 2. The highest BCUT2D eigenvalue weighted by Crippen LogP contribution is 2.19. The minimum atomic E-state index is -0.614. The van der Waals surface area contributed by atoms with Gasteiger partial charge in [-0.15, -0.1) is 11.8 Å². The zero-order valence-corrected chi connectivity index (χ0v) is 15.8. The quantitative estimate of drug-likeness (QED) is 0.596. The molecule has 28 heavy (non-hydrogen) atoms. The van der Waals surface area contributed by atoms with E-state index in [1.54, 1.807) is 18.2 Å². The maximum Gasteiger partial charge on any atom is 0.316 e. The Balaban J connectivity index is 1.84. The highest BCUT2D eigenvalue weighted by Gasteiger charge is 2.20. The Hall–Kier alpha value is -2.92. The van der Waals surface area contributed by atoms with E-state index in [0.717, 1.165) is 10.5 Å². The molecule has 0 radical (unpaired) electrons. The summed E-state index contributed by atoms with van der Waals surface area (Å²) in [5, 5.41) is 8.75. The molecule has 0 aliphatic carbocycles. The van der Waals surface area contributed by atoms with E-state index < -0.39 is 24.3 Å². The second kappa shape index (κ2) is 11.0. The summed E-state index contributed by atoms with van der Waals surface area (Å²) < 4.78 is 31.8. The van der Waals surface area contributed by atoms with Gasteiger partial charge in [0.05, 0.1) is 23.9 Å². The van der Waals surface area contributed by atoms with Crippen LogP contribution in [0.3, 0.4) is 0 Å². The lowest BCUT2D eigenvalue weighted by atomic mass is 10.2. The van der Waals surface area contributed by atoms with Crippen molar-refractivity contribution >= 4 is 29.3 Å². The number of thioether (sulfide) groups is 1. The van der Waals surface area contributed by atoms with Gasteiger partial charge < -0.3 is 9.64 Å². The third kappa shape index (κ3) is 6.67. The molecule has 0 aliphatic heterocycles. The molecule has 0 aliphatic rings. The molecule has 2 aromatic carbocycles. The van der Waals surface area contributed by atoms with Gasteiger partial charge in [0, 0.05) is 12.3 Å². The normalized spacial score (nSPS) is 10.2. The van der Waals surface area contributed by atoms with E-state index in [2.05, 4.69) is 0 Å². The molecular weight excluding hydrogens is 386 g/mol. The van der Waals surface area contributed by atoms with Gasteiger partial charge in [-0.1, -0.05) is 24.3 Å². The molecule has 5 nitrogen and oxygen atoms in total. The summed E-state index contributed by atoms with van der Waals surface area (Å²) in [5.41, 5.74) is 0.891. The predicted molar refractivity (Wildman–Crippen MR) is 103 cm³/mol. The molecule has 0 saturated heterocycles. The van der Waals surface area contributed by atoms with Crippen LogP contribution in [0, 0.1) is 23.0 Å². The van der Waals surface area contributed by atoms with E-state index in [9.17, 15) is 18.4 Å². The number of amides is 1. The van der Waals surface area contributed by atoms with Crippen LogP contribution in [0.4, 0.5) is 14.5 Å². The molecule has 0 spiro atoms. The summed E-state index contributed by atoms with van der Waals surface area (Å²) in [6, 6.07) is 13.5. The molecule has 0 bridgehead atoms. The van der Waals surface area contributed by atoms with Gasteiger partial charge in [-0.2, -0.15) is 5.26 Å². The Morgan fingerprint density at radius 1 is 1.11 bits per heavy atom. The summed E-state index contributed by atoms with van der Waals surface area (Å²) in [6.45, 7) is -0.553. The summed E-state index contributed by atoms with van der Waals surface area (Å²) in [7, 11) is 0. The van der Waals surface area contributed by atoms with Crippen LogP contribution in [0.15, 0.2) is 48.5 Å². The number of benzene rings is 2. The zero-order valence-electron chi connectivity index (χ0n) is 14.9. The Kier molecular flexibility index (Phi) is 8.43. The lowest BCUT2D eigenvalue weighted by molar-refractivity contribution is -0.145. The third-order valence-electron chi connectivity index (χ3n) is 3.65. The number of halogens is 2. The molecule has 0 N–H and O–H groups in total. The molecule has 2 rings (SSSR count). The number of carbonyl (C=O) groups is 2. The Bertz CT molecular complexity index is 853. The predicted octanol–water partition coefficient (Wildman–Crippen LogP) is 3.69. The topological polar surface area (TPSA) is 70.4 Å². The molecule has 0 atom stereocenters. The fourth-order valence-electron chi connectivity index (χ4n) is 2.31. The summed E-state index contributed by atoms with van der Waals surface area (Å²) >= 11 is 1.27. The molecule has 8 heteroatoms. The maximum atomic E-state index is 14.0. The highest BCUT2D eigenvalue weighted by atomic mass is 32.2. The van der Waals surface area contributed by atoms with E-state index >= 15 is 0 Å². The van der Waals surface area contributed by atoms with Crippen molar-refractivity contribution in [3.05, 3.63) is 65.7 Å². The van der Waals surface area contributed by atoms with Crippen molar-refractivity contribution in [3.63, 3.8) is 0 Å². The third-order valence-corrected chi connectivity index (χ3v) is 4.63. The Morgan fingerprint density at radius 2 is 1.82 bits per heavy atom.